The summed E-state index contributed by atoms with van der Waals surface area (Å²) in [4.78, 5) is 14.0. The van der Waals surface area contributed by atoms with E-state index >= 15 is 0 Å². The van der Waals surface area contributed by atoms with Crippen LogP contribution in [0.5, 0.6) is 0 Å². The highest BCUT2D eigenvalue weighted by Gasteiger charge is 2.19. The quantitative estimate of drug-likeness (QED) is 0.719. The SMILES string of the molecule is CN(CCNC(=O)NCC(O)c1ccccc1F)C1CCCC1. The number of urea groups is 1. The molecule has 6 heteroatoms. The lowest BCUT2D eigenvalue weighted by Gasteiger charge is -2.24. The zero-order chi connectivity index (χ0) is 16.7. The Kier molecular flexibility index (Phi) is 6.80. The number of aliphatic hydroxyl groups is 1. The van der Waals surface area contributed by atoms with E-state index in [0.29, 0.717) is 12.6 Å². The molecule has 0 aromatic heterocycles. The van der Waals surface area contributed by atoms with Gasteiger partial charge in [-0.1, -0.05) is 31.0 Å². The van der Waals surface area contributed by atoms with Crippen LogP contribution in [-0.4, -0.2) is 48.8 Å². The molecule has 1 aromatic carbocycles. The fourth-order valence-electron chi connectivity index (χ4n) is 2.98. The van der Waals surface area contributed by atoms with Gasteiger partial charge in [0.25, 0.3) is 0 Å². The second-order valence-corrected chi connectivity index (χ2v) is 6.09. The maximum Gasteiger partial charge on any atom is 0.314 e. The Bertz CT molecular complexity index is 506. The van der Waals surface area contributed by atoms with Gasteiger partial charge < -0.3 is 20.6 Å². The lowest BCUT2D eigenvalue weighted by Crippen LogP contribution is -2.42. The molecule has 5 nitrogen and oxygen atoms in total. The summed E-state index contributed by atoms with van der Waals surface area (Å²) in [7, 11) is 2.08. The molecule has 2 amide bonds. The average molecular weight is 323 g/mol. The summed E-state index contributed by atoms with van der Waals surface area (Å²) in [6.07, 6.45) is 3.99. The monoisotopic (exact) mass is 323 g/mol. The van der Waals surface area contributed by atoms with Crippen LogP contribution < -0.4 is 10.6 Å². The second-order valence-electron chi connectivity index (χ2n) is 6.09. The number of likely N-dealkylation sites (N-methyl/N-ethyl adjacent to an activating group) is 1. The Labute approximate surface area is 136 Å². The number of nitrogens with one attached hydrogen (secondary N) is 2. The first-order valence-electron chi connectivity index (χ1n) is 8.22. The number of hydrogen-bond donors (Lipinski definition) is 3. The highest BCUT2D eigenvalue weighted by atomic mass is 19.1. The van der Waals surface area contributed by atoms with Gasteiger partial charge >= 0.3 is 6.03 Å². The Morgan fingerprint density at radius 3 is 2.74 bits per heavy atom. The van der Waals surface area contributed by atoms with Crippen molar-refractivity contribution in [2.75, 3.05) is 26.7 Å². The van der Waals surface area contributed by atoms with Crippen molar-refractivity contribution in [3.63, 3.8) is 0 Å². The van der Waals surface area contributed by atoms with Gasteiger partial charge in [-0.3, -0.25) is 0 Å². The minimum Gasteiger partial charge on any atom is -0.386 e. The number of carbonyl (C=O) groups is 1. The minimum atomic E-state index is -1.05. The molecular weight excluding hydrogens is 297 g/mol. The van der Waals surface area contributed by atoms with Gasteiger partial charge in [0.2, 0.25) is 0 Å². The summed E-state index contributed by atoms with van der Waals surface area (Å²) >= 11 is 0. The van der Waals surface area contributed by atoms with Gasteiger partial charge in [0.05, 0.1) is 6.10 Å². The normalized spacial score (nSPS) is 16.5. The maximum absolute atomic E-state index is 13.5. The van der Waals surface area contributed by atoms with E-state index in [9.17, 15) is 14.3 Å². The number of benzene rings is 1. The lowest BCUT2D eigenvalue weighted by molar-refractivity contribution is 0.168. The van der Waals surface area contributed by atoms with Crippen molar-refractivity contribution in [3.8, 4) is 0 Å². The van der Waals surface area contributed by atoms with Crippen LogP contribution >= 0.6 is 0 Å². The number of hydrogen-bond acceptors (Lipinski definition) is 3. The molecule has 0 radical (unpaired) electrons. The van der Waals surface area contributed by atoms with E-state index < -0.39 is 11.9 Å². The summed E-state index contributed by atoms with van der Waals surface area (Å²) in [5, 5.41) is 15.2. The van der Waals surface area contributed by atoms with Crippen LogP contribution in [0, 0.1) is 5.82 Å². The average Bonchev–Trinajstić information content (AvgIpc) is 3.07. The first-order chi connectivity index (χ1) is 11.1. The molecule has 23 heavy (non-hydrogen) atoms. The predicted octanol–water partition coefficient (Wildman–Crippen LogP) is 2.03. The molecule has 0 spiro atoms. The molecule has 0 bridgehead atoms. The van der Waals surface area contributed by atoms with Crippen LogP contribution in [0.1, 0.15) is 37.4 Å². The fourth-order valence-corrected chi connectivity index (χ4v) is 2.98. The number of carbonyl (C=O) groups excluding carboxylic acids is 1. The Hall–Kier alpha value is -1.66. The Morgan fingerprint density at radius 2 is 2.04 bits per heavy atom. The predicted molar refractivity (Wildman–Crippen MR) is 87.6 cm³/mol. The molecule has 2 rings (SSSR count). The van der Waals surface area contributed by atoms with Gasteiger partial charge in [-0.15, -0.1) is 0 Å². The topological polar surface area (TPSA) is 64.6 Å². The second kappa shape index (κ2) is 8.84. The molecule has 1 atom stereocenters. The number of nitrogens with zero attached hydrogens (tertiary/aromatic N) is 1. The zero-order valence-electron chi connectivity index (χ0n) is 13.6. The molecule has 0 saturated heterocycles. The summed E-state index contributed by atoms with van der Waals surface area (Å²) in [6.45, 7) is 1.33. The van der Waals surface area contributed by atoms with Gasteiger partial charge in [-0.05, 0) is 26.0 Å². The van der Waals surface area contributed by atoms with E-state index in [0.717, 1.165) is 6.54 Å². The highest BCUT2D eigenvalue weighted by Crippen LogP contribution is 2.21. The van der Waals surface area contributed by atoms with E-state index in [1.165, 1.54) is 37.8 Å². The maximum atomic E-state index is 13.5. The third-order valence-corrected chi connectivity index (χ3v) is 4.42. The third-order valence-electron chi connectivity index (χ3n) is 4.42. The Balaban J connectivity index is 1.64. The third kappa shape index (κ3) is 5.48. The van der Waals surface area contributed by atoms with E-state index in [2.05, 4.69) is 22.6 Å². The molecule has 1 aromatic rings. The Morgan fingerprint density at radius 1 is 1.35 bits per heavy atom. The molecule has 128 valence electrons. The molecule has 1 fully saturated rings. The molecule has 1 aliphatic carbocycles. The number of halogens is 1. The first kappa shape index (κ1) is 17.7. The van der Waals surface area contributed by atoms with E-state index in [1.54, 1.807) is 12.1 Å². The fraction of sp³-hybridized carbons (Fsp3) is 0.588. The molecular formula is C17H26FN3O2. The minimum absolute atomic E-state index is 0.0226. The van der Waals surface area contributed by atoms with Crippen molar-refractivity contribution in [1.29, 1.82) is 0 Å². The van der Waals surface area contributed by atoms with Crippen LogP contribution in [-0.2, 0) is 0 Å². The number of aliphatic hydroxyl groups excluding tert-OH is 1. The zero-order valence-corrected chi connectivity index (χ0v) is 13.6. The summed E-state index contributed by atoms with van der Waals surface area (Å²) in [5.41, 5.74) is 0.189. The summed E-state index contributed by atoms with van der Waals surface area (Å²) in [5.74, 6) is -0.472. The van der Waals surface area contributed by atoms with Gasteiger partial charge in [0.15, 0.2) is 0 Å². The molecule has 0 aliphatic heterocycles. The van der Waals surface area contributed by atoms with Crippen molar-refractivity contribution in [3.05, 3.63) is 35.6 Å². The van der Waals surface area contributed by atoms with Crippen molar-refractivity contribution < 1.29 is 14.3 Å². The van der Waals surface area contributed by atoms with Crippen molar-refractivity contribution in [1.82, 2.24) is 15.5 Å². The van der Waals surface area contributed by atoms with Gasteiger partial charge in [0, 0.05) is 31.2 Å². The van der Waals surface area contributed by atoms with Gasteiger partial charge in [-0.25, -0.2) is 9.18 Å². The summed E-state index contributed by atoms with van der Waals surface area (Å²) in [6, 6.07) is 6.30. The van der Waals surface area contributed by atoms with Crippen molar-refractivity contribution in [2.24, 2.45) is 0 Å². The molecule has 1 saturated carbocycles. The molecule has 0 heterocycles. The molecule has 1 unspecified atom stereocenters. The smallest absolute Gasteiger partial charge is 0.314 e. The number of amides is 2. The van der Waals surface area contributed by atoms with Gasteiger partial charge in [0.1, 0.15) is 5.82 Å². The number of rotatable bonds is 7. The summed E-state index contributed by atoms with van der Waals surface area (Å²) < 4.78 is 13.5. The van der Waals surface area contributed by atoms with Crippen LogP contribution in [0.4, 0.5) is 9.18 Å². The lowest BCUT2D eigenvalue weighted by atomic mass is 10.1. The van der Waals surface area contributed by atoms with Gasteiger partial charge in [-0.2, -0.15) is 0 Å². The molecule has 3 N–H and O–H groups in total. The van der Waals surface area contributed by atoms with Crippen molar-refractivity contribution >= 4 is 6.03 Å². The van der Waals surface area contributed by atoms with Crippen LogP contribution in [0.3, 0.4) is 0 Å². The largest absolute Gasteiger partial charge is 0.386 e. The van der Waals surface area contributed by atoms with Crippen molar-refractivity contribution in [2.45, 2.75) is 37.8 Å². The highest BCUT2D eigenvalue weighted by molar-refractivity contribution is 5.73. The van der Waals surface area contributed by atoms with E-state index in [-0.39, 0.29) is 18.1 Å². The van der Waals surface area contributed by atoms with E-state index in [4.69, 9.17) is 0 Å². The molecule has 1 aliphatic rings. The van der Waals surface area contributed by atoms with Crippen LogP contribution in [0.25, 0.3) is 0 Å². The van der Waals surface area contributed by atoms with Crippen LogP contribution in [0.2, 0.25) is 0 Å². The van der Waals surface area contributed by atoms with Crippen LogP contribution in [0.15, 0.2) is 24.3 Å². The standard InChI is InChI=1S/C17H26FN3O2/c1-21(13-6-2-3-7-13)11-10-19-17(23)20-12-16(22)14-8-4-5-9-15(14)18/h4-5,8-9,13,16,22H,2-3,6-7,10-12H2,1H3,(H2,19,20,23). The van der Waals surface area contributed by atoms with E-state index in [1.807, 2.05) is 0 Å². The first-order valence-corrected chi connectivity index (χ1v) is 8.22.